The molecule has 1 amide bonds. The molecule has 5 rings (SSSR count). The maximum Gasteiger partial charge on any atom is 0.260 e. The van der Waals surface area contributed by atoms with Gasteiger partial charge in [0.05, 0.1) is 29.8 Å². The number of fused-ring (bicyclic) bond motifs is 1. The molecule has 0 spiro atoms. The van der Waals surface area contributed by atoms with Gasteiger partial charge in [-0.15, -0.1) is 11.3 Å². The van der Waals surface area contributed by atoms with Crippen LogP contribution in [0.4, 0.5) is 5.13 Å². The van der Waals surface area contributed by atoms with E-state index in [1.165, 1.54) is 16.9 Å². The number of rotatable bonds is 5. The molecule has 4 aromatic rings. The summed E-state index contributed by atoms with van der Waals surface area (Å²) in [5.41, 5.74) is 4.38. The van der Waals surface area contributed by atoms with E-state index in [4.69, 9.17) is 4.74 Å². The zero-order valence-electron chi connectivity index (χ0n) is 17.2. The highest BCUT2D eigenvalue weighted by Gasteiger charge is 2.22. The van der Waals surface area contributed by atoms with Gasteiger partial charge in [-0.25, -0.2) is 14.6 Å². The van der Waals surface area contributed by atoms with Crippen molar-refractivity contribution in [3.63, 3.8) is 0 Å². The molecule has 1 aliphatic heterocycles. The van der Waals surface area contributed by atoms with Crippen molar-refractivity contribution in [3.05, 3.63) is 71.0 Å². The van der Waals surface area contributed by atoms with Crippen LogP contribution in [0.25, 0.3) is 17.1 Å². The quantitative estimate of drug-likeness (QED) is 0.495. The largest absolute Gasteiger partial charge is 0.493 e. The van der Waals surface area contributed by atoms with Gasteiger partial charge in [0.15, 0.2) is 10.9 Å². The number of benzene rings is 1. The number of amides is 1. The average Bonchev–Trinajstić information content (AvgIpc) is 3.52. The predicted molar refractivity (Wildman–Crippen MR) is 120 cm³/mol. The van der Waals surface area contributed by atoms with E-state index in [9.17, 15) is 4.79 Å². The Balaban J connectivity index is 1.39. The Morgan fingerprint density at radius 3 is 2.97 bits per heavy atom. The molecule has 1 aliphatic rings. The van der Waals surface area contributed by atoms with Crippen LogP contribution in [0.2, 0.25) is 0 Å². The second-order valence-electron chi connectivity index (χ2n) is 7.61. The molecule has 0 saturated heterocycles. The van der Waals surface area contributed by atoms with Gasteiger partial charge in [-0.1, -0.05) is 19.9 Å². The number of hydrogen-bond donors (Lipinski definition) is 1. The fourth-order valence-electron chi connectivity index (χ4n) is 3.72. The maximum atomic E-state index is 13.0. The summed E-state index contributed by atoms with van der Waals surface area (Å²) in [5, 5.41) is 9.86. The number of carbonyl (C=O) groups excluding carboxylic acids is 1. The maximum absolute atomic E-state index is 13.0. The Kier molecular flexibility index (Phi) is 4.99. The summed E-state index contributed by atoms with van der Waals surface area (Å²) in [5.74, 6) is 1.49. The standard InChI is InChI=1S/C23H21N5O2S/c1-14(2)21-17(12-25-28(21)20-5-3-4-9-24-20)22(29)27-23-26-18(13-31-23)15-6-7-19-16(11-15)8-10-30-19/h3-7,9,11-14H,8,10H2,1-2H3,(H,26,27,29). The second-order valence-corrected chi connectivity index (χ2v) is 8.47. The van der Waals surface area contributed by atoms with Crippen LogP contribution in [0.15, 0.2) is 54.2 Å². The number of nitrogens with one attached hydrogen (secondary N) is 1. The second kappa shape index (κ2) is 7.96. The van der Waals surface area contributed by atoms with Crippen molar-refractivity contribution in [3.8, 4) is 22.8 Å². The summed E-state index contributed by atoms with van der Waals surface area (Å²) >= 11 is 1.40. The third-order valence-electron chi connectivity index (χ3n) is 5.17. The zero-order chi connectivity index (χ0) is 21.4. The van der Waals surface area contributed by atoms with Crippen LogP contribution < -0.4 is 10.1 Å². The molecule has 1 aromatic carbocycles. The summed E-state index contributed by atoms with van der Waals surface area (Å²) in [7, 11) is 0. The average molecular weight is 432 g/mol. The van der Waals surface area contributed by atoms with Crippen molar-refractivity contribution < 1.29 is 9.53 Å². The number of aromatic nitrogens is 4. The van der Waals surface area contributed by atoms with Gasteiger partial charge in [0, 0.05) is 23.6 Å². The molecule has 0 bridgehead atoms. The summed E-state index contributed by atoms with van der Waals surface area (Å²) < 4.78 is 7.30. The Morgan fingerprint density at radius 1 is 1.26 bits per heavy atom. The summed E-state index contributed by atoms with van der Waals surface area (Å²) in [6.45, 7) is 4.79. The minimum atomic E-state index is -0.228. The highest BCUT2D eigenvalue weighted by Crippen LogP contribution is 2.32. The first-order chi connectivity index (χ1) is 15.1. The molecule has 0 saturated carbocycles. The molecular formula is C23H21N5O2S. The smallest absolute Gasteiger partial charge is 0.260 e. The Morgan fingerprint density at radius 2 is 2.16 bits per heavy atom. The van der Waals surface area contributed by atoms with E-state index in [1.807, 2.05) is 49.6 Å². The van der Waals surface area contributed by atoms with Crippen LogP contribution in [0.3, 0.4) is 0 Å². The molecule has 0 fully saturated rings. The molecule has 31 heavy (non-hydrogen) atoms. The number of ether oxygens (including phenoxy) is 1. The molecule has 4 heterocycles. The van der Waals surface area contributed by atoms with Gasteiger partial charge in [0.2, 0.25) is 0 Å². The number of anilines is 1. The van der Waals surface area contributed by atoms with Gasteiger partial charge in [-0.05, 0) is 41.8 Å². The molecule has 3 aromatic heterocycles. The van der Waals surface area contributed by atoms with Gasteiger partial charge < -0.3 is 4.74 Å². The van der Waals surface area contributed by atoms with E-state index < -0.39 is 0 Å². The first-order valence-electron chi connectivity index (χ1n) is 10.1. The lowest BCUT2D eigenvalue weighted by Gasteiger charge is -2.11. The van der Waals surface area contributed by atoms with Crippen molar-refractivity contribution >= 4 is 22.4 Å². The topological polar surface area (TPSA) is 81.9 Å². The number of hydrogen-bond acceptors (Lipinski definition) is 6. The molecule has 7 nitrogen and oxygen atoms in total. The normalized spacial score (nSPS) is 12.6. The lowest BCUT2D eigenvalue weighted by Crippen LogP contribution is -2.15. The minimum absolute atomic E-state index is 0.0887. The predicted octanol–water partition coefficient (Wildman–Crippen LogP) is 4.70. The Hall–Kier alpha value is -3.52. The number of nitrogens with zero attached hydrogens (tertiary/aromatic N) is 4. The van der Waals surface area contributed by atoms with Crippen molar-refractivity contribution in [2.24, 2.45) is 0 Å². The van der Waals surface area contributed by atoms with Crippen molar-refractivity contribution in [1.29, 1.82) is 0 Å². The van der Waals surface area contributed by atoms with E-state index in [2.05, 4.69) is 26.4 Å². The van der Waals surface area contributed by atoms with Gasteiger partial charge in [-0.3, -0.25) is 10.1 Å². The summed E-state index contributed by atoms with van der Waals surface area (Å²) in [6.07, 6.45) is 4.21. The van der Waals surface area contributed by atoms with E-state index in [0.29, 0.717) is 16.5 Å². The Bertz CT molecular complexity index is 1250. The molecule has 8 heteroatoms. The molecule has 0 atom stereocenters. The van der Waals surface area contributed by atoms with Gasteiger partial charge in [-0.2, -0.15) is 5.10 Å². The van der Waals surface area contributed by atoms with Gasteiger partial charge in [0.25, 0.3) is 5.91 Å². The van der Waals surface area contributed by atoms with Crippen molar-refractivity contribution in [2.45, 2.75) is 26.2 Å². The first kappa shape index (κ1) is 19.4. The van der Waals surface area contributed by atoms with Crippen LogP contribution in [-0.2, 0) is 6.42 Å². The van der Waals surface area contributed by atoms with E-state index in [-0.39, 0.29) is 11.8 Å². The highest BCUT2D eigenvalue weighted by molar-refractivity contribution is 7.14. The number of pyridine rings is 1. The van der Waals surface area contributed by atoms with Gasteiger partial charge >= 0.3 is 0 Å². The molecule has 0 unspecified atom stereocenters. The lowest BCUT2D eigenvalue weighted by atomic mass is 10.1. The van der Waals surface area contributed by atoms with E-state index in [0.717, 1.165) is 35.7 Å². The molecule has 1 N–H and O–H groups in total. The third-order valence-corrected chi connectivity index (χ3v) is 5.93. The van der Waals surface area contributed by atoms with E-state index in [1.54, 1.807) is 17.1 Å². The third kappa shape index (κ3) is 3.70. The fraction of sp³-hybridized carbons (Fsp3) is 0.217. The highest BCUT2D eigenvalue weighted by atomic mass is 32.1. The van der Waals surface area contributed by atoms with Crippen molar-refractivity contribution in [2.75, 3.05) is 11.9 Å². The zero-order valence-corrected chi connectivity index (χ0v) is 18.0. The van der Waals surface area contributed by atoms with Crippen molar-refractivity contribution in [1.82, 2.24) is 19.7 Å². The number of carbonyl (C=O) groups is 1. The fourth-order valence-corrected chi connectivity index (χ4v) is 4.44. The SMILES string of the molecule is CC(C)c1c(C(=O)Nc2nc(-c3ccc4c(c3)CCO4)cs2)cnn1-c1ccccn1. The minimum Gasteiger partial charge on any atom is -0.493 e. The molecular weight excluding hydrogens is 410 g/mol. The first-order valence-corrected chi connectivity index (χ1v) is 11.0. The lowest BCUT2D eigenvalue weighted by molar-refractivity contribution is 0.102. The van der Waals surface area contributed by atoms with Crippen LogP contribution in [0.1, 0.15) is 41.4 Å². The molecule has 156 valence electrons. The molecule has 0 radical (unpaired) electrons. The monoisotopic (exact) mass is 431 g/mol. The van der Waals surface area contributed by atoms with E-state index >= 15 is 0 Å². The summed E-state index contributed by atoms with van der Waals surface area (Å²) in [4.78, 5) is 22.0. The molecule has 0 aliphatic carbocycles. The Labute approximate surface area is 183 Å². The van der Waals surface area contributed by atoms with Crippen LogP contribution in [0, 0.1) is 0 Å². The summed E-state index contributed by atoms with van der Waals surface area (Å²) in [6, 6.07) is 11.7. The van der Waals surface area contributed by atoms with Crippen LogP contribution in [-0.4, -0.2) is 32.3 Å². The van der Waals surface area contributed by atoms with Gasteiger partial charge in [0.1, 0.15) is 5.75 Å². The number of thiazole rings is 1. The van der Waals surface area contributed by atoms with Crippen LogP contribution in [0.5, 0.6) is 5.75 Å². The van der Waals surface area contributed by atoms with Crippen LogP contribution >= 0.6 is 11.3 Å².